The van der Waals surface area contributed by atoms with Crippen LogP contribution in [0.3, 0.4) is 0 Å². The molecule has 136 heavy (non-hydrogen) atoms. The van der Waals surface area contributed by atoms with Gasteiger partial charge in [0.15, 0.2) is 75.5 Å². The number of ether oxygens (including phenoxy) is 11. The van der Waals surface area contributed by atoms with Crippen LogP contribution in [-0.4, -0.2) is 188 Å². The molecule has 10 aromatic rings. The van der Waals surface area contributed by atoms with E-state index in [1.165, 1.54) is 82.3 Å². The first kappa shape index (κ1) is 118. The quantitative estimate of drug-likeness (QED) is 0.0177. The van der Waals surface area contributed by atoms with Gasteiger partial charge in [0.05, 0.1) is 80.9 Å². The number of aryl methyl sites for hydroxylation is 1. The Morgan fingerprint density at radius 1 is 0.346 bits per heavy atom. The molecule has 0 amide bonds. The van der Waals surface area contributed by atoms with Crippen molar-refractivity contribution in [2.75, 3.05) is 141 Å². The van der Waals surface area contributed by atoms with Crippen LogP contribution < -0.4 is 89.1 Å². The molecule has 0 unspecified atom stereocenters. The Kier molecular flexibility index (Phi) is 54.7. The Morgan fingerprint density at radius 2 is 0.713 bits per heavy atom. The van der Waals surface area contributed by atoms with E-state index in [2.05, 4.69) is 126 Å². The molecule has 0 aliphatic carbocycles. The molecule has 12 rings (SSSR count). The average molecular weight is 1980 g/mol. The van der Waals surface area contributed by atoms with Gasteiger partial charge in [-0.05, 0) is 243 Å². The number of methoxy groups -OCH3 is 7. The summed E-state index contributed by atoms with van der Waals surface area (Å²) >= 11 is 0. The molecule has 9 N–H and O–H groups in total. The third-order valence-electron chi connectivity index (χ3n) is 20.1. The fourth-order valence-electron chi connectivity index (χ4n) is 12.6. The highest BCUT2D eigenvalue weighted by atomic mass is 32.2. The molecule has 10 aromatic carbocycles. The van der Waals surface area contributed by atoms with Gasteiger partial charge >= 0.3 is 0 Å². The minimum Gasteiger partial charge on any atom is -0.496 e. The topological polar surface area (TPSA) is 386 Å². The summed E-state index contributed by atoms with van der Waals surface area (Å²) in [6.07, 6.45) is 4.58. The van der Waals surface area contributed by atoms with Gasteiger partial charge in [0.2, 0.25) is 32.6 Å². The molecule has 0 aromatic heterocycles. The van der Waals surface area contributed by atoms with Gasteiger partial charge in [0.25, 0.3) is 0 Å². The van der Waals surface area contributed by atoms with Gasteiger partial charge in [-0.25, -0.2) is 52.0 Å². The molecule has 0 saturated heterocycles. The number of hydrogen-bond acceptors (Lipinski definition) is 28. The van der Waals surface area contributed by atoms with Gasteiger partial charge in [0.1, 0.15) is 12.4 Å². The van der Waals surface area contributed by atoms with Crippen molar-refractivity contribution in [3.8, 4) is 57.5 Å². The van der Waals surface area contributed by atoms with E-state index < -0.39 is 49.6 Å². The second kappa shape index (κ2) is 63.1. The third-order valence-corrected chi connectivity index (χ3v) is 26.0. The number of sulfone groups is 3. The predicted octanol–water partition coefficient (Wildman–Crippen LogP) is 14.6. The van der Waals surface area contributed by atoms with Crippen LogP contribution in [0.5, 0.6) is 57.5 Å². The average Bonchev–Trinajstić information content (AvgIpc) is 0.952. The molecule has 0 spiro atoms. The standard InChI is InChI=1S/C17H21NO2.C13H19NO2.C12H19NO3.C11H17NO.C10H15NO2S.C10H13NO2.C10H14O3S.C9H14N2O2S.C9H13NO4S2/c1-3-18-12-15-9-10-16(17(11-15)19-2)20-13-14-7-5-4-6-8-14;1-4-14-6-5-10-7-12(15-2)13(16-3)8-11(10)9-14;1-5-13-8-9-6-10(14-2)12(16-4)11(7-9)15-3;1-4-12-8-10-6-5-9(2)11(7-10)13-3;1-3-11-8-9-4-6-10(7-5-9)14(2,12)13;1-2-11-6-8-3-4-9-10(5-8)13-7-12-9;1-3-13-8-9-4-6-10(7-5-9)14(2,11)12;1-2-11-7-8-3-5-9(6-4-8)14(10,12)13;1-3-10-16(13,14)9-6-4-8(5-7-9)15(2,11)12/h4-11,18H,3,12-13H2,1-2H3;7-8H,4-6,9H2,1-3H3;6-7,13H,5,8H2,1-4H3;5-7,12H,4,8H2,1-3H3;4-7,11H,3,8H2,1-2H3;3-5,11H,2,6-7H2,1H3;4-7H,3,8H2,1-2H3;3-6,11H,2,7H2,1H3,(H2,10,12,13);4-7,10H,3H2,1-2H3. The molecule has 0 radical (unpaired) electrons. The van der Waals surface area contributed by atoms with Crippen LogP contribution in [0, 0.1) is 6.92 Å². The normalized spacial score (nSPS) is 11.8. The highest BCUT2D eigenvalue weighted by molar-refractivity contribution is 7.91. The monoisotopic (exact) mass is 1980 g/mol. The summed E-state index contributed by atoms with van der Waals surface area (Å²) in [6, 6.07) is 61.9. The molecule has 0 saturated carbocycles. The maximum absolute atomic E-state index is 11.5. The Balaban J connectivity index is 0.000000321. The number of nitrogens with one attached hydrogen (secondary N) is 7. The zero-order valence-electron chi connectivity index (χ0n) is 82.6. The molecule has 30 nitrogen and oxygen atoms in total. The number of sulfonamides is 2. The lowest BCUT2D eigenvalue weighted by Crippen LogP contribution is -2.30. The van der Waals surface area contributed by atoms with Crippen LogP contribution in [0.15, 0.2) is 231 Å². The van der Waals surface area contributed by atoms with Gasteiger partial charge in [-0.2, -0.15) is 0 Å². The number of likely N-dealkylation sites (N-methyl/N-ethyl adjacent to an activating group) is 1. The first-order chi connectivity index (χ1) is 64.9. The SMILES string of the molecule is CCN1CCc2cc(OC)c(OC)cc2C1.CCNCc1cc(OC)c(OC)c(OC)c1.CCNCc1ccc(C)c(OC)c1.CCNCc1ccc(OCc2ccccc2)c(OC)c1.CCNCc1ccc(S(C)(=O)=O)cc1.CCNCc1ccc(S(N)(=O)=O)cc1.CCNCc1ccc2c(c1)OCO2.CCNS(=O)(=O)c1ccc(S(C)(=O)=O)cc1.CCOCc1ccc(S(C)(=O)=O)cc1. The van der Waals surface area contributed by atoms with E-state index in [9.17, 15) is 42.1 Å². The summed E-state index contributed by atoms with van der Waals surface area (Å²) in [4.78, 5) is 3.46. The lowest BCUT2D eigenvalue weighted by molar-refractivity contribution is 0.134. The summed E-state index contributed by atoms with van der Waals surface area (Å²) < 4.78 is 173. The van der Waals surface area contributed by atoms with Crippen LogP contribution in [0.4, 0.5) is 0 Å². The van der Waals surface area contributed by atoms with Gasteiger partial charge < -0.3 is 84.0 Å². The van der Waals surface area contributed by atoms with Gasteiger partial charge in [-0.1, -0.05) is 146 Å². The predicted molar refractivity (Wildman–Crippen MR) is 541 cm³/mol. The summed E-state index contributed by atoms with van der Waals surface area (Å²) in [5.41, 5.74) is 13.0. The van der Waals surface area contributed by atoms with Crippen LogP contribution in [0.1, 0.15) is 124 Å². The zero-order chi connectivity index (χ0) is 101. The van der Waals surface area contributed by atoms with Crippen molar-refractivity contribution in [3.05, 3.63) is 267 Å². The highest BCUT2D eigenvalue weighted by Crippen LogP contribution is 2.39. The minimum atomic E-state index is -3.56. The molecule has 2 heterocycles. The Morgan fingerprint density at radius 3 is 1.14 bits per heavy atom. The largest absolute Gasteiger partial charge is 0.496 e. The van der Waals surface area contributed by atoms with E-state index in [0.717, 1.165) is 179 Å². The van der Waals surface area contributed by atoms with Gasteiger partial charge in [0, 0.05) is 84.3 Å². The van der Waals surface area contributed by atoms with Crippen molar-refractivity contribution in [2.45, 2.75) is 159 Å². The lowest BCUT2D eigenvalue weighted by Gasteiger charge is -2.28. The Hall–Kier alpha value is -10.5. The van der Waals surface area contributed by atoms with E-state index in [1.807, 2.05) is 99.6 Å². The number of nitrogens with zero attached hydrogens (tertiary/aromatic N) is 1. The number of hydrogen-bond donors (Lipinski definition) is 8. The first-order valence-corrected chi connectivity index (χ1v) is 53.6. The van der Waals surface area contributed by atoms with Crippen molar-refractivity contribution in [3.63, 3.8) is 0 Å². The third kappa shape index (κ3) is 43.5. The fourth-order valence-corrected chi connectivity index (χ4v) is 16.1. The minimum absolute atomic E-state index is 0.0572. The van der Waals surface area contributed by atoms with E-state index in [-0.39, 0.29) is 21.2 Å². The van der Waals surface area contributed by atoms with Crippen molar-refractivity contribution in [1.29, 1.82) is 0 Å². The van der Waals surface area contributed by atoms with Crippen molar-refractivity contribution < 1.29 is 94.2 Å². The van der Waals surface area contributed by atoms with Crippen molar-refractivity contribution >= 4 is 49.6 Å². The fraction of sp³-hybridized carbons (Fsp3) is 0.406. The molecule has 35 heteroatoms. The smallest absolute Gasteiger partial charge is 0.240 e. The molecule has 0 atom stereocenters. The van der Waals surface area contributed by atoms with Gasteiger partial charge in [-0.15, -0.1) is 0 Å². The number of rotatable bonds is 39. The van der Waals surface area contributed by atoms with E-state index in [0.29, 0.717) is 53.7 Å². The maximum atomic E-state index is 11.5. The first-order valence-electron chi connectivity index (χ1n) is 44.9. The molecule has 2 aliphatic rings. The second-order valence-corrected chi connectivity index (χ2v) is 39.8. The van der Waals surface area contributed by atoms with Crippen molar-refractivity contribution in [2.24, 2.45) is 5.14 Å². The second-order valence-electron chi connectivity index (χ2n) is 30.5. The number of benzene rings is 10. The summed E-state index contributed by atoms with van der Waals surface area (Å²) in [7, 11) is -4.92. The van der Waals surface area contributed by atoms with E-state index >= 15 is 0 Å². The van der Waals surface area contributed by atoms with Gasteiger partial charge in [-0.3, -0.25) is 4.90 Å². The maximum Gasteiger partial charge on any atom is 0.240 e. The Labute approximate surface area is 810 Å². The van der Waals surface area contributed by atoms with Crippen LogP contribution in [-0.2, 0) is 120 Å². The van der Waals surface area contributed by atoms with Crippen molar-refractivity contribution in [1.82, 2.24) is 41.5 Å². The van der Waals surface area contributed by atoms with E-state index in [4.69, 9.17) is 57.2 Å². The summed E-state index contributed by atoms with van der Waals surface area (Å²) in [5.74, 6) is 7.90. The van der Waals surface area contributed by atoms with E-state index in [1.54, 1.807) is 105 Å². The van der Waals surface area contributed by atoms with Crippen LogP contribution in [0.25, 0.3) is 0 Å². The molecule has 750 valence electrons. The number of fused-ring (bicyclic) bond motifs is 2. The van der Waals surface area contributed by atoms with Crippen LogP contribution >= 0.6 is 0 Å². The summed E-state index contributed by atoms with van der Waals surface area (Å²) in [5, 5.41) is 24.4. The number of primary sulfonamides is 1. The Bertz CT molecular complexity index is 5510. The molecule has 0 fully saturated rings. The van der Waals surface area contributed by atoms with Crippen LogP contribution in [0.2, 0.25) is 0 Å². The lowest BCUT2D eigenvalue weighted by atomic mass is 9.99. The molecular weight excluding hydrogens is 1840 g/mol. The summed E-state index contributed by atoms with van der Waals surface area (Å²) in [6.45, 7) is 36.5. The molecular formula is C101H145N9O21S5. The zero-order valence-corrected chi connectivity index (χ0v) is 86.7. The highest BCUT2D eigenvalue weighted by Gasteiger charge is 2.21. The number of nitrogens with two attached hydrogens (primary N) is 1. The molecule has 2 aliphatic heterocycles. The molecule has 0 bridgehead atoms.